The molecule has 0 fully saturated rings. The van der Waals surface area contributed by atoms with Crippen LogP contribution in [0.15, 0.2) is 36.4 Å². The lowest BCUT2D eigenvalue weighted by Crippen LogP contribution is -2.37. The van der Waals surface area contributed by atoms with Crippen molar-refractivity contribution in [3.8, 4) is 11.5 Å². The number of methoxy groups -OCH3 is 2. The molecular weight excluding hydrogens is 368 g/mol. The van der Waals surface area contributed by atoms with Crippen LogP contribution in [-0.4, -0.2) is 26.0 Å². The maximum atomic E-state index is 12.5. The Morgan fingerprint density at radius 1 is 0.931 bits per heavy atom. The standard InChI is InChI=1S/C23H28N2O4/c1-4-19(17-10-9-15-7-5-6-8-16(15)13-17)25-23(27)22(26)24-18-11-12-20(28-2)21(14-18)29-3/h9-14,19H,4-8H2,1-3H3,(H,24,26)(H,25,27). The molecule has 2 N–H and O–H groups in total. The average Bonchev–Trinajstić information content (AvgIpc) is 2.76. The van der Waals surface area contributed by atoms with Crippen LogP contribution in [-0.2, 0) is 22.4 Å². The van der Waals surface area contributed by atoms with E-state index >= 15 is 0 Å². The van der Waals surface area contributed by atoms with Gasteiger partial charge in [-0.15, -0.1) is 0 Å². The molecule has 1 aliphatic carbocycles. The monoisotopic (exact) mass is 396 g/mol. The molecule has 0 aliphatic heterocycles. The van der Waals surface area contributed by atoms with Crippen molar-refractivity contribution < 1.29 is 19.1 Å². The molecule has 0 radical (unpaired) electrons. The van der Waals surface area contributed by atoms with Crippen molar-refractivity contribution in [3.63, 3.8) is 0 Å². The van der Waals surface area contributed by atoms with Gasteiger partial charge in [0.25, 0.3) is 0 Å². The molecule has 2 amide bonds. The van der Waals surface area contributed by atoms with Crippen molar-refractivity contribution in [3.05, 3.63) is 53.1 Å². The summed E-state index contributed by atoms with van der Waals surface area (Å²) >= 11 is 0. The van der Waals surface area contributed by atoms with E-state index in [-0.39, 0.29) is 6.04 Å². The summed E-state index contributed by atoms with van der Waals surface area (Å²) in [5.41, 5.74) is 4.26. The fraction of sp³-hybridized carbons (Fsp3) is 0.391. The molecule has 0 spiro atoms. The quantitative estimate of drug-likeness (QED) is 0.729. The van der Waals surface area contributed by atoms with Gasteiger partial charge in [0.1, 0.15) is 0 Å². The number of carbonyl (C=O) groups is 2. The van der Waals surface area contributed by atoms with Crippen LogP contribution >= 0.6 is 0 Å². The molecule has 154 valence electrons. The van der Waals surface area contributed by atoms with E-state index in [2.05, 4.69) is 28.8 Å². The summed E-state index contributed by atoms with van der Waals surface area (Å²) in [4.78, 5) is 24.9. The number of rotatable bonds is 6. The molecule has 0 heterocycles. The normalized spacial score (nSPS) is 13.8. The first kappa shape index (κ1) is 20.7. The number of amides is 2. The number of ether oxygens (including phenoxy) is 2. The number of fused-ring (bicyclic) bond motifs is 1. The number of anilines is 1. The number of carbonyl (C=O) groups excluding carboxylic acids is 2. The van der Waals surface area contributed by atoms with Gasteiger partial charge in [0.2, 0.25) is 0 Å². The predicted octanol–water partition coefficient (Wildman–Crippen LogP) is 3.79. The minimum atomic E-state index is -0.714. The maximum absolute atomic E-state index is 12.5. The van der Waals surface area contributed by atoms with Crippen LogP contribution in [0.5, 0.6) is 11.5 Å². The van der Waals surface area contributed by atoms with Crippen LogP contribution in [0.1, 0.15) is 48.9 Å². The second-order valence-corrected chi connectivity index (χ2v) is 7.19. The number of benzene rings is 2. The highest BCUT2D eigenvalue weighted by atomic mass is 16.5. The van der Waals surface area contributed by atoms with Crippen molar-refractivity contribution in [2.24, 2.45) is 0 Å². The number of hydrogen-bond acceptors (Lipinski definition) is 4. The van der Waals surface area contributed by atoms with E-state index in [1.807, 2.05) is 6.92 Å². The van der Waals surface area contributed by atoms with Crippen LogP contribution in [0.25, 0.3) is 0 Å². The Morgan fingerprint density at radius 3 is 2.34 bits per heavy atom. The molecule has 0 saturated heterocycles. The molecule has 1 aliphatic rings. The summed E-state index contributed by atoms with van der Waals surface area (Å²) in [7, 11) is 3.05. The van der Waals surface area contributed by atoms with E-state index < -0.39 is 11.8 Å². The number of hydrogen-bond donors (Lipinski definition) is 2. The summed E-state index contributed by atoms with van der Waals surface area (Å²) in [6.45, 7) is 2.00. The van der Waals surface area contributed by atoms with Crippen LogP contribution in [0.3, 0.4) is 0 Å². The zero-order chi connectivity index (χ0) is 20.8. The van der Waals surface area contributed by atoms with Gasteiger partial charge >= 0.3 is 11.8 Å². The lowest BCUT2D eigenvalue weighted by atomic mass is 9.89. The Balaban J connectivity index is 1.67. The van der Waals surface area contributed by atoms with Crippen LogP contribution in [0.2, 0.25) is 0 Å². The molecule has 2 aromatic rings. The third kappa shape index (κ3) is 4.88. The van der Waals surface area contributed by atoms with Gasteiger partial charge < -0.3 is 20.1 Å². The number of aryl methyl sites for hydroxylation is 2. The minimum absolute atomic E-state index is 0.203. The van der Waals surface area contributed by atoms with E-state index in [0.29, 0.717) is 23.6 Å². The van der Waals surface area contributed by atoms with E-state index in [1.54, 1.807) is 18.2 Å². The van der Waals surface area contributed by atoms with Crippen molar-refractivity contribution >= 4 is 17.5 Å². The van der Waals surface area contributed by atoms with Gasteiger partial charge in [0, 0.05) is 11.8 Å². The fourth-order valence-corrected chi connectivity index (χ4v) is 3.72. The molecule has 1 unspecified atom stereocenters. The highest BCUT2D eigenvalue weighted by Gasteiger charge is 2.21. The first-order valence-electron chi connectivity index (χ1n) is 10.0. The van der Waals surface area contributed by atoms with Gasteiger partial charge in [-0.05, 0) is 60.9 Å². The molecule has 0 saturated carbocycles. The molecule has 0 aromatic heterocycles. The van der Waals surface area contributed by atoms with Crippen molar-refractivity contribution in [1.29, 1.82) is 0 Å². The predicted molar refractivity (Wildman–Crippen MR) is 112 cm³/mol. The van der Waals surface area contributed by atoms with E-state index in [1.165, 1.54) is 38.2 Å². The van der Waals surface area contributed by atoms with E-state index in [0.717, 1.165) is 18.4 Å². The van der Waals surface area contributed by atoms with Gasteiger partial charge in [-0.3, -0.25) is 9.59 Å². The Bertz CT molecular complexity index is 894. The molecular formula is C23H28N2O4. The summed E-state index contributed by atoms with van der Waals surface area (Å²) in [5, 5.41) is 5.47. The maximum Gasteiger partial charge on any atom is 0.313 e. The topological polar surface area (TPSA) is 76.7 Å². The summed E-state index contributed by atoms with van der Waals surface area (Å²) < 4.78 is 10.4. The third-order valence-electron chi connectivity index (χ3n) is 5.34. The smallest absolute Gasteiger partial charge is 0.313 e. The fourth-order valence-electron chi connectivity index (χ4n) is 3.72. The summed E-state index contributed by atoms with van der Waals surface area (Å²) in [5.74, 6) is -0.349. The first-order valence-corrected chi connectivity index (χ1v) is 10.0. The summed E-state index contributed by atoms with van der Waals surface area (Å²) in [6, 6.07) is 11.1. The molecule has 29 heavy (non-hydrogen) atoms. The molecule has 1 atom stereocenters. The second-order valence-electron chi connectivity index (χ2n) is 7.19. The van der Waals surface area contributed by atoms with Crippen LogP contribution < -0.4 is 20.1 Å². The Kier molecular flexibility index (Phi) is 6.75. The van der Waals surface area contributed by atoms with E-state index in [4.69, 9.17) is 9.47 Å². The van der Waals surface area contributed by atoms with Crippen molar-refractivity contribution in [1.82, 2.24) is 5.32 Å². The van der Waals surface area contributed by atoms with E-state index in [9.17, 15) is 9.59 Å². The first-order chi connectivity index (χ1) is 14.0. The van der Waals surface area contributed by atoms with Gasteiger partial charge in [-0.25, -0.2) is 0 Å². The molecule has 3 rings (SSSR count). The highest BCUT2D eigenvalue weighted by Crippen LogP contribution is 2.30. The van der Waals surface area contributed by atoms with Gasteiger partial charge in [-0.1, -0.05) is 25.1 Å². The zero-order valence-electron chi connectivity index (χ0n) is 17.2. The van der Waals surface area contributed by atoms with Crippen LogP contribution in [0, 0.1) is 0 Å². The third-order valence-corrected chi connectivity index (χ3v) is 5.34. The Morgan fingerprint density at radius 2 is 1.66 bits per heavy atom. The lowest BCUT2D eigenvalue weighted by Gasteiger charge is -2.21. The Labute approximate surface area is 171 Å². The summed E-state index contributed by atoms with van der Waals surface area (Å²) in [6.07, 6.45) is 5.33. The molecule has 6 nitrogen and oxygen atoms in total. The van der Waals surface area contributed by atoms with Gasteiger partial charge in [0.15, 0.2) is 11.5 Å². The Hall–Kier alpha value is -3.02. The van der Waals surface area contributed by atoms with Gasteiger partial charge in [0.05, 0.1) is 20.3 Å². The highest BCUT2D eigenvalue weighted by molar-refractivity contribution is 6.39. The number of nitrogens with one attached hydrogen (secondary N) is 2. The molecule has 0 bridgehead atoms. The largest absolute Gasteiger partial charge is 0.493 e. The zero-order valence-corrected chi connectivity index (χ0v) is 17.2. The average molecular weight is 396 g/mol. The molecule has 2 aromatic carbocycles. The SMILES string of the molecule is CCC(NC(=O)C(=O)Nc1ccc(OC)c(OC)c1)c1ccc2c(c1)CCCC2. The van der Waals surface area contributed by atoms with Crippen molar-refractivity contribution in [2.75, 3.05) is 19.5 Å². The van der Waals surface area contributed by atoms with Crippen molar-refractivity contribution in [2.45, 2.75) is 45.1 Å². The second kappa shape index (κ2) is 9.45. The van der Waals surface area contributed by atoms with Crippen LogP contribution in [0.4, 0.5) is 5.69 Å². The van der Waals surface area contributed by atoms with Gasteiger partial charge in [-0.2, -0.15) is 0 Å². The molecule has 6 heteroatoms. The lowest BCUT2D eigenvalue weighted by molar-refractivity contribution is -0.136. The minimum Gasteiger partial charge on any atom is -0.493 e.